The number of carbonyl (C=O) groups is 1. The van der Waals surface area contributed by atoms with Crippen LogP contribution >= 0.6 is 0 Å². The Morgan fingerprint density at radius 1 is 1.19 bits per heavy atom. The van der Waals surface area contributed by atoms with E-state index in [9.17, 15) is 9.90 Å². The van der Waals surface area contributed by atoms with Gasteiger partial charge in [0.1, 0.15) is 11.5 Å². The Morgan fingerprint density at radius 2 is 1.90 bits per heavy atom. The molecule has 2 aromatic carbocycles. The van der Waals surface area contributed by atoms with Crippen molar-refractivity contribution in [1.29, 1.82) is 0 Å². The molecule has 0 radical (unpaired) electrons. The first kappa shape index (κ1) is 23.1. The van der Waals surface area contributed by atoms with Crippen molar-refractivity contribution in [1.82, 2.24) is 10.2 Å². The molecule has 0 spiro atoms. The lowest BCUT2D eigenvalue weighted by Gasteiger charge is -2.33. The Morgan fingerprint density at radius 3 is 2.58 bits per heavy atom. The first-order valence-corrected chi connectivity index (χ1v) is 11.1. The highest BCUT2D eigenvalue weighted by Gasteiger charge is 2.19. The minimum atomic E-state index is -0.168. The molecule has 1 amide bonds. The summed E-state index contributed by atoms with van der Waals surface area (Å²) in [5.74, 6) is 0.746. The van der Waals surface area contributed by atoms with Gasteiger partial charge in [0.05, 0.1) is 12.3 Å². The maximum atomic E-state index is 11.4. The van der Waals surface area contributed by atoms with Crippen molar-refractivity contribution >= 4 is 11.6 Å². The fourth-order valence-corrected chi connectivity index (χ4v) is 3.83. The van der Waals surface area contributed by atoms with Crippen molar-refractivity contribution in [3.05, 3.63) is 53.6 Å². The highest BCUT2D eigenvalue weighted by Crippen LogP contribution is 2.29. The first-order chi connectivity index (χ1) is 14.9. The average molecular weight is 426 g/mol. The Bertz CT molecular complexity index is 846. The SMILES string of the molecule is CC(=O)Nc1ccc(O)cc1OCC(C)CNC1CCN(Cc2ccc(C)cc2)CC1. The number of hydrogen-bond acceptors (Lipinski definition) is 5. The second-order valence-corrected chi connectivity index (χ2v) is 8.72. The zero-order valence-electron chi connectivity index (χ0n) is 18.9. The number of benzene rings is 2. The van der Waals surface area contributed by atoms with Gasteiger partial charge in [-0.2, -0.15) is 0 Å². The van der Waals surface area contributed by atoms with E-state index in [0.717, 1.165) is 39.0 Å². The predicted molar refractivity (Wildman–Crippen MR) is 125 cm³/mol. The fourth-order valence-electron chi connectivity index (χ4n) is 3.83. The van der Waals surface area contributed by atoms with Gasteiger partial charge in [0.2, 0.25) is 5.91 Å². The van der Waals surface area contributed by atoms with E-state index in [2.05, 4.69) is 53.6 Å². The maximum absolute atomic E-state index is 11.4. The molecule has 1 heterocycles. The van der Waals surface area contributed by atoms with Crippen LogP contribution in [-0.2, 0) is 11.3 Å². The molecule has 3 rings (SSSR count). The van der Waals surface area contributed by atoms with Crippen LogP contribution in [-0.4, -0.2) is 48.2 Å². The van der Waals surface area contributed by atoms with Gasteiger partial charge in [-0.3, -0.25) is 9.69 Å². The normalized spacial score (nSPS) is 16.1. The molecule has 6 nitrogen and oxygen atoms in total. The molecule has 1 fully saturated rings. The van der Waals surface area contributed by atoms with Crippen molar-refractivity contribution in [2.24, 2.45) is 5.92 Å². The van der Waals surface area contributed by atoms with E-state index in [4.69, 9.17) is 4.74 Å². The van der Waals surface area contributed by atoms with E-state index < -0.39 is 0 Å². The fraction of sp³-hybridized carbons (Fsp3) is 0.480. The maximum Gasteiger partial charge on any atom is 0.221 e. The van der Waals surface area contributed by atoms with Crippen LogP contribution in [0.4, 0.5) is 5.69 Å². The van der Waals surface area contributed by atoms with Crippen LogP contribution < -0.4 is 15.4 Å². The van der Waals surface area contributed by atoms with Gasteiger partial charge in [-0.15, -0.1) is 0 Å². The third kappa shape index (κ3) is 7.56. The van der Waals surface area contributed by atoms with E-state index in [1.54, 1.807) is 6.07 Å². The van der Waals surface area contributed by atoms with Crippen LogP contribution in [0, 0.1) is 12.8 Å². The lowest BCUT2D eigenvalue weighted by atomic mass is 10.0. The van der Waals surface area contributed by atoms with Gasteiger partial charge in [-0.05, 0) is 50.6 Å². The summed E-state index contributed by atoms with van der Waals surface area (Å²) >= 11 is 0. The molecule has 0 aliphatic carbocycles. The molecule has 1 atom stereocenters. The predicted octanol–water partition coefficient (Wildman–Crippen LogP) is 3.93. The van der Waals surface area contributed by atoms with Crippen LogP contribution in [0.2, 0.25) is 0 Å². The second kappa shape index (κ2) is 11.2. The van der Waals surface area contributed by atoms with Gasteiger partial charge in [0.25, 0.3) is 0 Å². The van der Waals surface area contributed by atoms with Gasteiger partial charge < -0.3 is 20.5 Å². The average Bonchev–Trinajstić information content (AvgIpc) is 2.74. The van der Waals surface area contributed by atoms with Crippen LogP contribution in [0.5, 0.6) is 11.5 Å². The Labute approximate surface area is 185 Å². The molecule has 2 aromatic rings. The quantitative estimate of drug-likeness (QED) is 0.531. The molecule has 0 aromatic heterocycles. The number of piperidine rings is 1. The molecule has 6 heteroatoms. The smallest absolute Gasteiger partial charge is 0.221 e. The van der Waals surface area contributed by atoms with Crippen molar-refractivity contribution in [2.75, 3.05) is 31.6 Å². The van der Waals surface area contributed by atoms with Gasteiger partial charge >= 0.3 is 0 Å². The van der Waals surface area contributed by atoms with E-state index in [1.165, 1.54) is 30.2 Å². The molecule has 168 valence electrons. The van der Waals surface area contributed by atoms with E-state index in [-0.39, 0.29) is 11.7 Å². The number of carbonyl (C=O) groups excluding carboxylic acids is 1. The zero-order valence-corrected chi connectivity index (χ0v) is 18.9. The summed E-state index contributed by atoms with van der Waals surface area (Å²) < 4.78 is 5.89. The summed E-state index contributed by atoms with van der Waals surface area (Å²) in [4.78, 5) is 13.9. The third-order valence-electron chi connectivity index (χ3n) is 5.67. The molecule has 0 bridgehead atoms. The van der Waals surface area contributed by atoms with Gasteiger partial charge in [0, 0.05) is 38.0 Å². The van der Waals surface area contributed by atoms with Crippen LogP contribution in [0.3, 0.4) is 0 Å². The highest BCUT2D eigenvalue weighted by atomic mass is 16.5. The second-order valence-electron chi connectivity index (χ2n) is 8.72. The number of aryl methyl sites for hydroxylation is 1. The molecular weight excluding hydrogens is 390 g/mol. The summed E-state index contributed by atoms with van der Waals surface area (Å²) in [5, 5.41) is 16.1. The molecular formula is C25H35N3O3. The number of hydrogen-bond donors (Lipinski definition) is 3. The number of aromatic hydroxyl groups is 1. The van der Waals surface area contributed by atoms with Crippen LogP contribution in [0.1, 0.15) is 37.8 Å². The minimum Gasteiger partial charge on any atom is -0.508 e. The van der Waals surface area contributed by atoms with Gasteiger partial charge in [-0.1, -0.05) is 36.8 Å². The molecule has 1 saturated heterocycles. The van der Waals surface area contributed by atoms with Crippen molar-refractivity contribution in [2.45, 2.75) is 46.2 Å². The lowest BCUT2D eigenvalue weighted by Crippen LogP contribution is -2.43. The molecule has 0 saturated carbocycles. The summed E-state index contributed by atoms with van der Waals surface area (Å²) in [6, 6.07) is 14.1. The number of phenols is 1. The summed E-state index contributed by atoms with van der Waals surface area (Å²) in [6.45, 7) is 10.3. The summed E-state index contributed by atoms with van der Waals surface area (Å²) in [6.07, 6.45) is 2.30. The number of anilines is 1. The Hall–Kier alpha value is -2.57. The van der Waals surface area contributed by atoms with Gasteiger partial charge in [-0.25, -0.2) is 0 Å². The van der Waals surface area contributed by atoms with Crippen molar-refractivity contribution in [3.63, 3.8) is 0 Å². The number of ether oxygens (including phenoxy) is 1. The number of likely N-dealkylation sites (tertiary alicyclic amines) is 1. The Kier molecular flexibility index (Phi) is 8.32. The zero-order chi connectivity index (χ0) is 22.2. The summed E-state index contributed by atoms with van der Waals surface area (Å²) in [5.41, 5.74) is 3.26. The monoisotopic (exact) mass is 425 g/mol. The number of phenolic OH excluding ortho intramolecular Hbond substituents is 1. The topological polar surface area (TPSA) is 73.8 Å². The summed E-state index contributed by atoms with van der Waals surface area (Å²) in [7, 11) is 0. The number of amides is 1. The van der Waals surface area contributed by atoms with E-state index in [0.29, 0.717) is 30.0 Å². The minimum absolute atomic E-state index is 0.118. The van der Waals surface area contributed by atoms with Crippen LogP contribution in [0.15, 0.2) is 42.5 Å². The van der Waals surface area contributed by atoms with E-state index >= 15 is 0 Å². The number of nitrogens with zero attached hydrogens (tertiary/aromatic N) is 1. The van der Waals surface area contributed by atoms with Crippen molar-refractivity contribution < 1.29 is 14.6 Å². The van der Waals surface area contributed by atoms with Crippen molar-refractivity contribution in [3.8, 4) is 11.5 Å². The molecule has 1 aliphatic rings. The molecule has 3 N–H and O–H groups in total. The molecule has 31 heavy (non-hydrogen) atoms. The molecule has 1 aliphatic heterocycles. The largest absolute Gasteiger partial charge is 0.508 e. The third-order valence-corrected chi connectivity index (χ3v) is 5.67. The highest BCUT2D eigenvalue weighted by molar-refractivity contribution is 5.90. The molecule has 1 unspecified atom stereocenters. The Balaban J connectivity index is 1.38. The number of rotatable bonds is 9. The lowest BCUT2D eigenvalue weighted by molar-refractivity contribution is -0.114. The standard InChI is InChI=1S/C25H35N3O3/c1-18-4-6-21(7-5-18)16-28-12-10-22(11-13-28)26-15-19(2)17-31-25-14-23(30)8-9-24(25)27-20(3)29/h4-9,14,19,22,26,30H,10-13,15-17H2,1-3H3,(H,27,29). The number of nitrogens with one attached hydrogen (secondary N) is 2. The van der Waals surface area contributed by atoms with E-state index in [1.807, 2.05) is 0 Å². The first-order valence-electron chi connectivity index (χ1n) is 11.1. The van der Waals surface area contributed by atoms with Crippen LogP contribution in [0.25, 0.3) is 0 Å². The van der Waals surface area contributed by atoms with Gasteiger partial charge in [0.15, 0.2) is 0 Å².